The Labute approximate surface area is 63.8 Å². The van der Waals surface area contributed by atoms with Crippen molar-refractivity contribution in [2.75, 3.05) is 0 Å². The third-order valence-electron chi connectivity index (χ3n) is 1.51. The molecular formula is C7H9F2N2. The minimum atomic E-state index is -2.45. The lowest BCUT2D eigenvalue weighted by atomic mass is 10.3. The zero-order valence-electron chi connectivity index (χ0n) is 6.43. The summed E-state index contributed by atoms with van der Waals surface area (Å²) in [6, 6.07) is 0. The van der Waals surface area contributed by atoms with E-state index < -0.39 is 6.43 Å². The normalized spacial score (nSPS) is 11.0. The SMILES string of the molecule is CCn1n[c]c(C)c1C(F)F. The Kier molecular flexibility index (Phi) is 2.22. The van der Waals surface area contributed by atoms with E-state index >= 15 is 0 Å². The fourth-order valence-corrected chi connectivity index (χ4v) is 0.957. The van der Waals surface area contributed by atoms with Crippen LogP contribution >= 0.6 is 0 Å². The number of hydrogen-bond donors (Lipinski definition) is 0. The van der Waals surface area contributed by atoms with E-state index in [1.54, 1.807) is 13.8 Å². The third-order valence-corrected chi connectivity index (χ3v) is 1.51. The molecule has 1 rings (SSSR count). The van der Waals surface area contributed by atoms with Gasteiger partial charge < -0.3 is 0 Å². The van der Waals surface area contributed by atoms with Crippen molar-refractivity contribution < 1.29 is 8.78 Å². The van der Waals surface area contributed by atoms with E-state index in [2.05, 4.69) is 11.3 Å². The van der Waals surface area contributed by atoms with Gasteiger partial charge in [-0.05, 0) is 13.8 Å². The third kappa shape index (κ3) is 1.39. The monoisotopic (exact) mass is 159 g/mol. The zero-order chi connectivity index (χ0) is 8.43. The Bertz CT molecular complexity index is 243. The van der Waals surface area contributed by atoms with Crippen LogP contribution in [0, 0.1) is 13.1 Å². The molecule has 0 spiro atoms. The topological polar surface area (TPSA) is 17.8 Å². The highest BCUT2D eigenvalue weighted by Gasteiger charge is 2.16. The summed E-state index contributed by atoms with van der Waals surface area (Å²) in [7, 11) is 0. The minimum absolute atomic E-state index is 0.0208. The van der Waals surface area contributed by atoms with Crippen molar-refractivity contribution in [3.8, 4) is 0 Å². The summed E-state index contributed by atoms with van der Waals surface area (Å²) in [5.41, 5.74) is 0.411. The first-order valence-electron chi connectivity index (χ1n) is 3.40. The van der Waals surface area contributed by atoms with Gasteiger partial charge in [-0.25, -0.2) is 8.78 Å². The minimum Gasteiger partial charge on any atom is -0.263 e. The second kappa shape index (κ2) is 2.98. The lowest BCUT2D eigenvalue weighted by Gasteiger charge is -2.03. The molecule has 61 valence electrons. The molecular weight excluding hydrogens is 150 g/mol. The Morgan fingerprint density at radius 3 is 2.64 bits per heavy atom. The van der Waals surface area contributed by atoms with Gasteiger partial charge in [0.15, 0.2) is 0 Å². The molecule has 1 aromatic rings. The molecule has 0 unspecified atom stereocenters. The summed E-state index contributed by atoms with van der Waals surface area (Å²) in [5, 5.41) is 3.67. The quantitative estimate of drug-likeness (QED) is 0.644. The van der Waals surface area contributed by atoms with Crippen LogP contribution in [0.25, 0.3) is 0 Å². The van der Waals surface area contributed by atoms with Crippen LogP contribution < -0.4 is 0 Å². The van der Waals surface area contributed by atoms with Crippen molar-refractivity contribution in [2.24, 2.45) is 0 Å². The van der Waals surface area contributed by atoms with Crippen LogP contribution in [0.3, 0.4) is 0 Å². The summed E-state index contributed by atoms with van der Waals surface area (Å²) >= 11 is 0. The average molecular weight is 159 g/mol. The number of alkyl halides is 2. The van der Waals surface area contributed by atoms with Gasteiger partial charge >= 0.3 is 0 Å². The molecule has 0 amide bonds. The Morgan fingerprint density at radius 1 is 1.64 bits per heavy atom. The largest absolute Gasteiger partial charge is 0.280 e. The number of halogens is 2. The molecule has 1 radical (unpaired) electrons. The fourth-order valence-electron chi connectivity index (χ4n) is 0.957. The van der Waals surface area contributed by atoms with Gasteiger partial charge in [0.2, 0.25) is 0 Å². The first-order valence-corrected chi connectivity index (χ1v) is 3.40. The molecule has 1 aromatic heterocycles. The highest BCUT2D eigenvalue weighted by atomic mass is 19.3. The van der Waals surface area contributed by atoms with Crippen LogP contribution in [0.5, 0.6) is 0 Å². The number of aromatic nitrogens is 2. The number of hydrogen-bond acceptors (Lipinski definition) is 1. The zero-order valence-corrected chi connectivity index (χ0v) is 6.43. The second-order valence-electron chi connectivity index (χ2n) is 2.24. The van der Waals surface area contributed by atoms with Crippen molar-refractivity contribution in [3.05, 3.63) is 17.5 Å². The predicted molar refractivity (Wildman–Crippen MR) is 36.4 cm³/mol. The standard InChI is InChI=1S/C7H9F2N2/c1-3-11-6(7(8)9)5(2)4-10-11/h7H,3H2,1-2H3. The summed E-state index contributed by atoms with van der Waals surface area (Å²) in [6.45, 7) is 3.82. The van der Waals surface area contributed by atoms with Gasteiger partial charge in [0.1, 0.15) is 11.9 Å². The number of rotatable bonds is 2. The molecule has 1 heterocycles. The molecule has 0 aromatic carbocycles. The van der Waals surface area contributed by atoms with Crippen molar-refractivity contribution in [1.82, 2.24) is 9.78 Å². The van der Waals surface area contributed by atoms with Crippen molar-refractivity contribution in [1.29, 1.82) is 0 Å². The van der Waals surface area contributed by atoms with E-state index in [0.29, 0.717) is 12.1 Å². The Balaban J connectivity index is 3.07. The lowest BCUT2D eigenvalue weighted by molar-refractivity contribution is 0.138. The van der Waals surface area contributed by atoms with Crippen molar-refractivity contribution in [3.63, 3.8) is 0 Å². The first-order chi connectivity index (χ1) is 5.16. The van der Waals surface area contributed by atoms with Gasteiger partial charge in [-0.15, -0.1) is 0 Å². The Morgan fingerprint density at radius 2 is 2.27 bits per heavy atom. The van der Waals surface area contributed by atoms with Gasteiger partial charge in [0, 0.05) is 12.1 Å². The maximum absolute atomic E-state index is 12.2. The molecule has 0 bridgehead atoms. The van der Waals surface area contributed by atoms with Crippen molar-refractivity contribution in [2.45, 2.75) is 26.8 Å². The van der Waals surface area contributed by atoms with Gasteiger partial charge in [-0.3, -0.25) is 4.68 Å². The molecule has 0 fully saturated rings. The maximum atomic E-state index is 12.2. The summed E-state index contributed by atoms with van der Waals surface area (Å²) < 4.78 is 25.7. The second-order valence-corrected chi connectivity index (χ2v) is 2.24. The van der Waals surface area contributed by atoms with E-state index in [9.17, 15) is 8.78 Å². The van der Waals surface area contributed by atoms with Crippen LogP contribution in [-0.2, 0) is 6.54 Å². The first kappa shape index (κ1) is 8.17. The number of aryl methyl sites for hydroxylation is 2. The van der Waals surface area contributed by atoms with Gasteiger partial charge in [-0.1, -0.05) is 0 Å². The smallest absolute Gasteiger partial charge is 0.263 e. The molecule has 0 aliphatic heterocycles. The van der Waals surface area contributed by atoms with E-state index in [-0.39, 0.29) is 5.69 Å². The molecule has 0 saturated heterocycles. The highest BCUT2D eigenvalue weighted by Crippen LogP contribution is 2.21. The summed E-state index contributed by atoms with van der Waals surface area (Å²) in [6.07, 6.45) is 0.0522. The molecule has 0 aliphatic carbocycles. The fraction of sp³-hybridized carbons (Fsp3) is 0.571. The Hall–Kier alpha value is -0.930. The molecule has 11 heavy (non-hydrogen) atoms. The van der Waals surface area contributed by atoms with E-state index in [1.165, 1.54) is 4.68 Å². The average Bonchev–Trinajstić information content (AvgIpc) is 2.30. The van der Waals surface area contributed by atoms with Gasteiger partial charge in [-0.2, -0.15) is 5.10 Å². The van der Waals surface area contributed by atoms with Crippen LogP contribution in [0.4, 0.5) is 8.78 Å². The van der Waals surface area contributed by atoms with Crippen molar-refractivity contribution >= 4 is 0 Å². The predicted octanol–water partition coefficient (Wildman–Crippen LogP) is 1.95. The lowest BCUT2D eigenvalue weighted by Crippen LogP contribution is -2.03. The highest BCUT2D eigenvalue weighted by molar-refractivity contribution is 5.15. The molecule has 4 heteroatoms. The molecule has 0 saturated carbocycles. The van der Waals surface area contributed by atoms with Crippen LogP contribution in [0.1, 0.15) is 24.6 Å². The van der Waals surface area contributed by atoms with Crippen LogP contribution in [0.15, 0.2) is 0 Å². The molecule has 2 nitrogen and oxygen atoms in total. The number of nitrogens with zero attached hydrogens (tertiary/aromatic N) is 2. The van der Waals surface area contributed by atoms with E-state index in [0.717, 1.165) is 0 Å². The summed E-state index contributed by atoms with van der Waals surface area (Å²) in [4.78, 5) is 0. The van der Waals surface area contributed by atoms with Crippen LogP contribution in [0.2, 0.25) is 0 Å². The van der Waals surface area contributed by atoms with E-state index in [4.69, 9.17) is 0 Å². The van der Waals surface area contributed by atoms with Gasteiger partial charge in [0.25, 0.3) is 6.43 Å². The maximum Gasteiger partial charge on any atom is 0.280 e. The van der Waals surface area contributed by atoms with E-state index in [1.807, 2.05) is 0 Å². The van der Waals surface area contributed by atoms with Gasteiger partial charge in [0.05, 0.1) is 0 Å². The summed E-state index contributed by atoms with van der Waals surface area (Å²) in [5.74, 6) is 0. The molecule has 0 aliphatic rings. The molecule has 0 atom stereocenters. The molecule has 0 N–H and O–H groups in total. The van der Waals surface area contributed by atoms with Crippen LogP contribution in [-0.4, -0.2) is 9.78 Å².